The maximum Gasteiger partial charge on any atom is 0.318 e. The smallest absolute Gasteiger partial charge is 0.318 e. The second kappa shape index (κ2) is 4.74. The number of hydrogen-bond donors (Lipinski definition) is 4. The Morgan fingerprint density at radius 1 is 1.50 bits per heavy atom. The van der Waals surface area contributed by atoms with Crippen molar-refractivity contribution < 1.29 is 14.7 Å². The normalized spacial score (nSPS) is 28.9. The molecule has 1 aromatic heterocycles. The van der Waals surface area contributed by atoms with E-state index < -0.39 is 17.9 Å². The van der Waals surface area contributed by atoms with E-state index >= 15 is 0 Å². The number of likely N-dealkylation sites (tertiary alicyclic amines) is 1. The molecule has 4 N–H and O–H groups in total. The number of carbonyl (C=O) groups is 2. The molecule has 3 rings (SSSR count). The Morgan fingerprint density at radius 2 is 2.25 bits per heavy atom. The molecule has 2 aliphatic rings. The zero-order valence-corrected chi connectivity index (χ0v) is 13.4. The van der Waals surface area contributed by atoms with Gasteiger partial charge in [0.15, 0.2) is 11.9 Å². The summed E-state index contributed by atoms with van der Waals surface area (Å²) in [6.45, 7) is 0.478. The Morgan fingerprint density at radius 3 is 2.80 bits per heavy atom. The molecule has 3 amide bonds. The molecule has 1 spiro atoms. The number of urea groups is 1. The van der Waals surface area contributed by atoms with Crippen LogP contribution in [0.15, 0.2) is 15.1 Å². The highest BCUT2D eigenvalue weighted by Gasteiger charge is 2.54. The minimum Gasteiger partial charge on any atom is -0.369 e. The van der Waals surface area contributed by atoms with Crippen LogP contribution >= 0.6 is 31.9 Å². The topological polar surface area (TPSA) is 97.5 Å². The molecule has 0 bridgehead atoms. The number of aliphatic hydroxyl groups excluding tert-OH is 1. The molecule has 2 fully saturated rings. The molecule has 108 valence electrons. The predicted octanol–water partition coefficient (Wildman–Crippen LogP) is 1.10. The molecule has 2 aliphatic heterocycles. The average Bonchev–Trinajstić information content (AvgIpc) is 3.02. The summed E-state index contributed by atoms with van der Waals surface area (Å²) in [4.78, 5) is 28.4. The summed E-state index contributed by atoms with van der Waals surface area (Å²) < 4.78 is 1.41. The fourth-order valence-corrected chi connectivity index (χ4v) is 3.40. The molecule has 20 heavy (non-hydrogen) atoms. The number of aromatic nitrogens is 1. The van der Waals surface area contributed by atoms with Gasteiger partial charge in [0.2, 0.25) is 0 Å². The maximum absolute atomic E-state index is 12.6. The minimum atomic E-state index is -1.11. The van der Waals surface area contributed by atoms with E-state index in [1.54, 1.807) is 6.07 Å². The zero-order chi connectivity index (χ0) is 14.5. The van der Waals surface area contributed by atoms with Crippen LogP contribution in [0.4, 0.5) is 4.79 Å². The lowest BCUT2D eigenvalue weighted by Crippen LogP contribution is -2.60. The molecule has 0 radical (unpaired) electrons. The summed E-state index contributed by atoms with van der Waals surface area (Å²) in [5.74, 6) is -0.267. The first-order valence-electron chi connectivity index (χ1n) is 6.07. The SMILES string of the molecule is O=C1NC(O)C2(CCCN2C(=O)c2cc(Br)c(Br)[nH]2)N1. The molecular weight excluding hydrogens is 396 g/mol. The molecule has 0 saturated carbocycles. The fraction of sp³-hybridized carbons (Fsp3) is 0.455. The van der Waals surface area contributed by atoms with Crippen molar-refractivity contribution in [1.82, 2.24) is 20.5 Å². The summed E-state index contributed by atoms with van der Waals surface area (Å²) >= 11 is 6.59. The van der Waals surface area contributed by atoms with E-state index in [4.69, 9.17) is 0 Å². The molecule has 2 saturated heterocycles. The highest BCUT2D eigenvalue weighted by Crippen LogP contribution is 2.34. The van der Waals surface area contributed by atoms with Crippen molar-refractivity contribution in [3.05, 3.63) is 20.8 Å². The highest BCUT2D eigenvalue weighted by atomic mass is 79.9. The van der Waals surface area contributed by atoms with Gasteiger partial charge < -0.3 is 25.6 Å². The third-order valence-electron chi connectivity index (χ3n) is 3.67. The first-order valence-corrected chi connectivity index (χ1v) is 7.65. The van der Waals surface area contributed by atoms with Crippen molar-refractivity contribution in [2.45, 2.75) is 24.7 Å². The predicted molar refractivity (Wildman–Crippen MR) is 76.9 cm³/mol. The summed E-state index contributed by atoms with van der Waals surface area (Å²) in [6.07, 6.45) is 0.124. The van der Waals surface area contributed by atoms with Gasteiger partial charge in [-0.25, -0.2) is 4.79 Å². The Kier molecular flexibility index (Phi) is 3.30. The molecule has 1 aromatic rings. The van der Waals surface area contributed by atoms with Crippen molar-refractivity contribution >= 4 is 43.8 Å². The van der Waals surface area contributed by atoms with E-state index in [1.807, 2.05) is 0 Å². The van der Waals surface area contributed by atoms with E-state index in [2.05, 4.69) is 47.5 Å². The number of aliphatic hydroxyl groups is 1. The number of H-pyrrole nitrogens is 1. The van der Waals surface area contributed by atoms with Crippen LogP contribution in [0.2, 0.25) is 0 Å². The fourth-order valence-electron chi connectivity index (χ4n) is 2.75. The van der Waals surface area contributed by atoms with Crippen molar-refractivity contribution in [3.63, 3.8) is 0 Å². The largest absolute Gasteiger partial charge is 0.369 e. The quantitative estimate of drug-likeness (QED) is 0.561. The number of hydrogen-bond acceptors (Lipinski definition) is 3. The summed E-state index contributed by atoms with van der Waals surface area (Å²) in [5.41, 5.74) is -0.670. The van der Waals surface area contributed by atoms with Crippen LogP contribution in [0.1, 0.15) is 23.3 Å². The molecule has 2 atom stereocenters. The molecule has 3 heterocycles. The van der Waals surface area contributed by atoms with Crippen LogP contribution in [0.5, 0.6) is 0 Å². The van der Waals surface area contributed by atoms with Crippen LogP contribution in [0.25, 0.3) is 0 Å². The summed E-state index contributed by atoms with van der Waals surface area (Å²) in [6, 6.07) is 1.20. The van der Waals surface area contributed by atoms with Crippen molar-refractivity contribution in [2.24, 2.45) is 0 Å². The van der Waals surface area contributed by atoms with Crippen LogP contribution < -0.4 is 10.6 Å². The van der Waals surface area contributed by atoms with E-state index in [0.29, 0.717) is 29.7 Å². The zero-order valence-electron chi connectivity index (χ0n) is 10.2. The lowest BCUT2D eigenvalue weighted by molar-refractivity contribution is -0.00227. The Balaban J connectivity index is 1.93. The maximum atomic E-state index is 12.6. The van der Waals surface area contributed by atoms with Crippen LogP contribution in [-0.2, 0) is 0 Å². The third-order valence-corrected chi connectivity index (χ3v) is 5.46. The lowest BCUT2D eigenvalue weighted by atomic mass is 10.1. The molecule has 7 nitrogen and oxygen atoms in total. The number of nitrogens with zero attached hydrogens (tertiary/aromatic N) is 1. The number of carbonyl (C=O) groups excluding carboxylic acids is 2. The Hall–Kier alpha value is -1.06. The van der Waals surface area contributed by atoms with Gasteiger partial charge in [0, 0.05) is 6.54 Å². The summed E-state index contributed by atoms with van der Waals surface area (Å²) in [7, 11) is 0. The van der Waals surface area contributed by atoms with Gasteiger partial charge in [-0.3, -0.25) is 4.79 Å². The monoisotopic (exact) mass is 406 g/mol. The van der Waals surface area contributed by atoms with E-state index in [0.717, 1.165) is 4.47 Å². The first kappa shape index (κ1) is 13.9. The molecule has 0 aromatic carbocycles. The molecule has 9 heteroatoms. The highest BCUT2D eigenvalue weighted by molar-refractivity contribution is 9.13. The standard InChI is InChI=1S/C11H12Br2N4O3/c12-5-4-6(14-7(5)13)8(18)17-3-1-2-11(17)9(19)15-10(20)16-11/h4,9,14,19H,1-3H2,(H2,15,16,20). The van der Waals surface area contributed by atoms with E-state index in [1.165, 1.54) is 4.90 Å². The van der Waals surface area contributed by atoms with Gasteiger partial charge in [-0.1, -0.05) is 0 Å². The third kappa shape index (κ3) is 1.95. The second-order valence-electron chi connectivity index (χ2n) is 4.83. The van der Waals surface area contributed by atoms with E-state index in [9.17, 15) is 14.7 Å². The minimum absolute atomic E-state index is 0.267. The number of halogens is 2. The van der Waals surface area contributed by atoms with Gasteiger partial charge in [-0.15, -0.1) is 0 Å². The van der Waals surface area contributed by atoms with Gasteiger partial charge in [0.25, 0.3) is 5.91 Å². The Labute approximate surface area is 131 Å². The molecular formula is C11H12Br2N4O3. The van der Waals surface area contributed by atoms with Crippen LogP contribution in [-0.4, -0.2) is 45.4 Å². The first-order chi connectivity index (χ1) is 9.44. The lowest BCUT2D eigenvalue weighted by Gasteiger charge is -2.35. The van der Waals surface area contributed by atoms with Crippen molar-refractivity contribution in [1.29, 1.82) is 0 Å². The Bertz CT molecular complexity index is 571. The second-order valence-corrected chi connectivity index (χ2v) is 6.48. The van der Waals surface area contributed by atoms with E-state index in [-0.39, 0.29) is 5.91 Å². The van der Waals surface area contributed by atoms with Gasteiger partial charge in [0.1, 0.15) is 5.69 Å². The summed E-state index contributed by atoms with van der Waals surface area (Å²) in [5, 5.41) is 15.1. The van der Waals surface area contributed by atoms with Gasteiger partial charge >= 0.3 is 6.03 Å². The van der Waals surface area contributed by atoms with Crippen LogP contribution in [0.3, 0.4) is 0 Å². The van der Waals surface area contributed by atoms with Crippen LogP contribution in [0, 0.1) is 0 Å². The van der Waals surface area contributed by atoms with Gasteiger partial charge in [0.05, 0.1) is 9.08 Å². The average molecular weight is 408 g/mol. The van der Waals surface area contributed by atoms with Gasteiger partial charge in [-0.05, 0) is 50.8 Å². The van der Waals surface area contributed by atoms with Crippen molar-refractivity contribution in [2.75, 3.05) is 6.54 Å². The number of nitrogens with one attached hydrogen (secondary N) is 3. The molecule has 0 aliphatic carbocycles. The van der Waals surface area contributed by atoms with Gasteiger partial charge in [-0.2, -0.15) is 0 Å². The number of amides is 3. The number of rotatable bonds is 1. The molecule has 2 unspecified atom stereocenters. The van der Waals surface area contributed by atoms with Crippen molar-refractivity contribution in [3.8, 4) is 0 Å². The number of aromatic amines is 1.